The lowest BCUT2D eigenvalue weighted by Crippen LogP contribution is -2.07. The maximum atomic E-state index is 8.74. The summed E-state index contributed by atoms with van der Waals surface area (Å²) in [4.78, 5) is 6.50. The fourth-order valence-corrected chi connectivity index (χ4v) is 2.53. The quantitative estimate of drug-likeness (QED) is 0.797. The molecular weight excluding hydrogens is 258 g/mol. The highest BCUT2D eigenvalue weighted by molar-refractivity contribution is 7.18. The van der Waals surface area contributed by atoms with Gasteiger partial charge in [-0.05, 0) is 30.7 Å². The van der Waals surface area contributed by atoms with Gasteiger partial charge in [-0.25, -0.2) is 4.98 Å². The van der Waals surface area contributed by atoms with E-state index in [4.69, 9.17) is 5.11 Å². The molecular formula is C14H19N3OS. The zero-order valence-corrected chi connectivity index (χ0v) is 12.1. The highest BCUT2D eigenvalue weighted by Crippen LogP contribution is 2.29. The molecule has 5 heteroatoms. The molecule has 0 saturated heterocycles. The number of anilines is 2. The van der Waals surface area contributed by atoms with Crippen LogP contribution in [-0.2, 0) is 0 Å². The van der Waals surface area contributed by atoms with Crippen LogP contribution in [-0.4, -0.2) is 37.3 Å². The van der Waals surface area contributed by atoms with E-state index >= 15 is 0 Å². The Hall–Kier alpha value is -1.59. The van der Waals surface area contributed by atoms with Gasteiger partial charge in [-0.15, -0.1) is 0 Å². The van der Waals surface area contributed by atoms with Crippen LogP contribution >= 0.6 is 11.3 Å². The van der Waals surface area contributed by atoms with Crippen molar-refractivity contribution in [2.45, 2.75) is 6.42 Å². The summed E-state index contributed by atoms with van der Waals surface area (Å²) in [6, 6.07) is 8.36. The van der Waals surface area contributed by atoms with E-state index in [0.29, 0.717) is 0 Å². The second-order valence-corrected chi connectivity index (χ2v) is 5.51. The number of rotatable bonds is 6. The maximum absolute atomic E-state index is 8.74. The van der Waals surface area contributed by atoms with Crippen molar-refractivity contribution >= 4 is 22.0 Å². The topological polar surface area (TPSA) is 48.4 Å². The second kappa shape index (κ2) is 6.54. The number of benzene rings is 1. The largest absolute Gasteiger partial charge is 0.396 e. The molecule has 102 valence electrons. The molecule has 0 atom stereocenters. The predicted octanol–water partition coefficient (Wildman–Crippen LogP) is 2.67. The van der Waals surface area contributed by atoms with Gasteiger partial charge in [-0.1, -0.05) is 11.3 Å². The summed E-state index contributed by atoms with van der Waals surface area (Å²) >= 11 is 1.63. The molecule has 4 nitrogen and oxygen atoms in total. The smallest absolute Gasteiger partial charge is 0.125 e. The number of hydrogen-bond acceptors (Lipinski definition) is 5. The van der Waals surface area contributed by atoms with Gasteiger partial charge in [0.2, 0.25) is 0 Å². The van der Waals surface area contributed by atoms with Crippen LogP contribution < -0.4 is 10.2 Å². The van der Waals surface area contributed by atoms with E-state index in [1.54, 1.807) is 11.3 Å². The predicted molar refractivity (Wildman–Crippen MR) is 82.1 cm³/mol. The molecule has 1 aromatic carbocycles. The highest BCUT2D eigenvalue weighted by Gasteiger charge is 2.05. The van der Waals surface area contributed by atoms with E-state index in [1.807, 2.05) is 20.3 Å². The molecule has 0 bridgehead atoms. The fraction of sp³-hybridized carbons (Fsp3) is 0.357. The number of nitrogens with zero attached hydrogens (tertiary/aromatic N) is 2. The first-order valence-electron chi connectivity index (χ1n) is 6.29. The van der Waals surface area contributed by atoms with Crippen molar-refractivity contribution in [1.29, 1.82) is 0 Å². The Bertz CT molecular complexity index is 508. The normalized spacial score (nSPS) is 10.5. The van der Waals surface area contributed by atoms with Crippen molar-refractivity contribution in [2.24, 2.45) is 0 Å². The molecule has 1 aromatic heterocycles. The summed E-state index contributed by atoms with van der Waals surface area (Å²) in [7, 11) is 4.06. The van der Waals surface area contributed by atoms with Crippen molar-refractivity contribution < 1.29 is 5.11 Å². The summed E-state index contributed by atoms with van der Waals surface area (Å²) in [5.41, 5.74) is 2.31. The van der Waals surface area contributed by atoms with E-state index in [2.05, 4.69) is 39.5 Å². The van der Waals surface area contributed by atoms with Gasteiger partial charge < -0.3 is 15.3 Å². The minimum atomic E-state index is 0.213. The first-order valence-corrected chi connectivity index (χ1v) is 7.10. The van der Waals surface area contributed by atoms with Crippen molar-refractivity contribution in [3.63, 3.8) is 0 Å². The van der Waals surface area contributed by atoms with Crippen molar-refractivity contribution in [3.8, 4) is 10.6 Å². The molecule has 2 aromatic rings. The minimum Gasteiger partial charge on any atom is -0.396 e. The first-order chi connectivity index (χ1) is 9.20. The molecule has 0 aliphatic rings. The lowest BCUT2D eigenvalue weighted by Gasteiger charge is -2.11. The molecule has 0 spiro atoms. The van der Waals surface area contributed by atoms with Crippen LogP contribution in [0.4, 0.5) is 10.7 Å². The number of thiazole rings is 1. The van der Waals surface area contributed by atoms with Gasteiger partial charge in [0.1, 0.15) is 10.0 Å². The Morgan fingerprint density at radius 3 is 2.63 bits per heavy atom. The van der Waals surface area contributed by atoms with Crippen LogP contribution in [0.3, 0.4) is 0 Å². The summed E-state index contributed by atoms with van der Waals surface area (Å²) in [6.07, 6.45) is 2.60. The van der Waals surface area contributed by atoms with E-state index in [9.17, 15) is 0 Å². The summed E-state index contributed by atoms with van der Waals surface area (Å²) in [5, 5.41) is 14.0. The number of aliphatic hydroxyl groups excluding tert-OH is 1. The Labute approximate surface area is 117 Å². The number of aliphatic hydroxyl groups is 1. The van der Waals surface area contributed by atoms with Crippen molar-refractivity contribution in [2.75, 3.05) is 37.5 Å². The average Bonchev–Trinajstić information content (AvgIpc) is 2.88. The van der Waals surface area contributed by atoms with Crippen LogP contribution in [0.5, 0.6) is 0 Å². The SMILES string of the molecule is CN(C)c1ccc(-c2ncc(NCCCO)s2)cc1. The van der Waals surface area contributed by atoms with E-state index in [-0.39, 0.29) is 6.61 Å². The van der Waals surface area contributed by atoms with E-state index in [1.165, 1.54) is 5.69 Å². The molecule has 1 heterocycles. The Morgan fingerprint density at radius 1 is 1.26 bits per heavy atom. The van der Waals surface area contributed by atoms with Crippen molar-refractivity contribution in [3.05, 3.63) is 30.5 Å². The fourth-order valence-electron chi connectivity index (χ4n) is 1.68. The molecule has 19 heavy (non-hydrogen) atoms. The number of nitrogens with one attached hydrogen (secondary N) is 1. The van der Waals surface area contributed by atoms with Gasteiger partial charge in [0, 0.05) is 38.5 Å². The first kappa shape index (κ1) is 13.8. The third kappa shape index (κ3) is 3.68. The van der Waals surface area contributed by atoms with Gasteiger partial charge in [0.15, 0.2) is 0 Å². The zero-order chi connectivity index (χ0) is 13.7. The average molecular weight is 277 g/mol. The zero-order valence-electron chi connectivity index (χ0n) is 11.3. The van der Waals surface area contributed by atoms with Gasteiger partial charge in [-0.3, -0.25) is 0 Å². The van der Waals surface area contributed by atoms with Gasteiger partial charge in [0.25, 0.3) is 0 Å². The number of aromatic nitrogens is 1. The third-order valence-electron chi connectivity index (χ3n) is 2.77. The van der Waals surface area contributed by atoms with E-state index in [0.717, 1.165) is 28.5 Å². The summed E-state index contributed by atoms with van der Waals surface area (Å²) in [5.74, 6) is 0. The maximum Gasteiger partial charge on any atom is 0.125 e. The standard InChI is InChI=1S/C14H19N3OS/c1-17(2)12-6-4-11(5-7-12)14-16-10-13(19-14)15-8-3-9-18/h4-7,10,15,18H,3,8-9H2,1-2H3. The summed E-state index contributed by atoms with van der Waals surface area (Å²) in [6.45, 7) is 0.988. The molecule has 0 aliphatic carbocycles. The lowest BCUT2D eigenvalue weighted by molar-refractivity contribution is 0.292. The molecule has 0 saturated carbocycles. The Balaban J connectivity index is 2.05. The minimum absolute atomic E-state index is 0.213. The molecule has 0 unspecified atom stereocenters. The lowest BCUT2D eigenvalue weighted by atomic mass is 10.2. The van der Waals surface area contributed by atoms with Crippen LogP contribution in [0.2, 0.25) is 0 Å². The second-order valence-electron chi connectivity index (χ2n) is 4.47. The summed E-state index contributed by atoms with van der Waals surface area (Å²) < 4.78 is 0. The Kier molecular flexibility index (Phi) is 4.76. The molecule has 0 amide bonds. The van der Waals surface area contributed by atoms with Gasteiger partial charge >= 0.3 is 0 Å². The molecule has 0 radical (unpaired) electrons. The van der Waals surface area contributed by atoms with Crippen LogP contribution in [0, 0.1) is 0 Å². The molecule has 2 rings (SSSR count). The Morgan fingerprint density at radius 2 is 2.00 bits per heavy atom. The van der Waals surface area contributed by atoms with Gasteiger partial charge in [-0.2, -0.15) is 0 Å². The monoisotopic (exact) mass is 277 g/mol. The third-order valence-corrected chi connectivity index (χ3v) is 3.77. The van der Waals surface area contributed by atoms with Crippen LogP contribution in [0.25, 0.3) is 10.6 Å². The molecule has 2 N–H and O–H groups in total. The van der Waals surface area contributed by atoms with Crippen LogP contribution in [0.15, 0.2) is 30.5 Å². The highest BCUT2D eigenvalue weighted by atomic mass is 32.1. The van der Waals surface area contributed by atoms with E-state index < -0.39 is 0 Å². The molecule has 0 aliphatic heterocycles. The van der Waals surface area contributed by atoms with Crippen LogP contribution in [0.1, 0.15) is 6.42 Å². The van der Waals surface area contributed by atoms with Crippen molar-refractivity contribution in [1.82, 2.24) is 4.98 Å². The molecule has 0 fully saturated rings. The van der Waals surface area contributed by atoms with Gasteiger partial charge in [0.05, 0.1) is 6.20 Å². The number of hydrogen-bond donors (Lipinski definition) is 2.